The maximum atomic E-state index is 13.5. The second kappa shape index (κ2) is 5.13. The number of anilines is 1. The number of hydrogen-bond acceptors (Lipinski definition) is 2. The van der Waals surface area contributed by atoms with Gasteiger partial charge in [0, 0.05) is 17.7 Å². The van der Waals surface area contributed by atoms with Crippen molar-refractivity contribution in [2.45, 2.75) is 12.0 Å². The molecule has 2 amide bonds. The summed E-state index contributed by atoms with van der Waals surface area (Å²) in [5.74, 6) is -0.918. The highest BCUT2D eigenvalue weighted by atomic mass is 16.2. The lowest BCUT2D eigenvalue weighted by Crippen LogP contribution is -2.59. The summed E-state index contributed by atoms with van der Waals surface area (Å²) in [5, 5.41) is 0. The highest BCUT2D eigenvalue weighted by Crippen LogP contribution is 2.55. The summed E-state index contributed by atoms with van der Waals surface area (Å²) in [6.07, 6.45) is 2.04. The molecule has 0 radical (unpaired) electrons. The average Bonchev–Trinajstić information content (AvgIpc) is 3.00. The maximum absolute atomic E-state index is 13.5. The molecule has 1 fully saturated rings. The predicted octanol–water partition coefficient (Wildman–Crippen LogP) is 2.83. The Kier molecular flexibility index (Phi) is 2.82. The first kappa shape index (κ1) is 14.9. The van der Waals surface area contributed by atoms with Crippen LogP contribution in [0.5, 0.6) is 0 Å². The summed E-state index contributed by atoms with van der Waals surface area (Å²) in [7, 11) is 0. The summed E-state index contributed by atoms with van der Waals surface area (Å²) >= 11 is 0. The molecular weight excluding hydrogens is 336 g/mol. The van der Waals surface area contributed by atoms with Crippen LogP contribution in [-0.2, 0) is 9.59 Å². The van der Waals surface area contributed by atoms with Gasteiger partial charge in [0.05, 0.1) is 17.5 Å². The quantitative estimate of drug-likeness (QED) is 0.499. The van der Waals surface area contributed by atoms with Crippen LogP contribution in [0.25, 0.3) is 0 Å². The van der Waals surface area contributed by atoms with Crippen LogP contribution in [0.2, 0.25) is 0 Å². The van der Waals surface area contributed by atoms with Crippen molar-refractivity contribution in [3.05, 3.63) is 95.8 Å². The summed E-state index contributed by atoms with van der Waals surface area (Å²) in [6, 6.07) is 23.5. The molecule has 3 aliphatic heterocycles. The van der Waals surface area contributed by atoms with Crippen molar-refractivity contribution in [2.75, 3.05) is 4.90 Å². The summed E-state index contributed by atoms with van der Waals surface area (Å²) in [6.45, 7) is 0. The van der Waals surface area contributed by atoms with Crippen molar-refractivity contribution in [1.29, 1.82) is 0 Å². The van der Waals surface area contributed by atoms with Crippen LogP contribution >= 0.6 is 0 Å². The number of carbonyl (C=O) groups is 2. The Morgan fingerprint density at radius 1 is 0.704 bits per heavy atom. The van der Waals surface area contributed by atoms with Crippen LogP contribution in [0.4, 0.5) is 5.69 Å². The largest absolute Gasteiger partial charge is 0.274 e. The SMILES string of the molecule is O=C1[C@@H]2[C@H]3c4ccccc4[C@@H]([C@@H]2C(=O)N1c1ccccc1)[n+]1ccccc13. The molecule has 1 aliphatic carbocycles. The number of nitrogens with zero attached hydrogens (tertiary/aromatic N) is 2. The van der Waals surface area contributed by atoms with E-state index >= 15 is 0 Å². The molecule has 0 unspecified atom stereocenters. The van der Waals surface area contributed by atoms with E-state index in [2.05, 4.69) is 22.8 Å². The lowest BCUT2D eigenvalue weighted by Gasteiger charge is -2.40. The van der Waals surface area contributed by atoms with Gasteiger partial charge in [-0.1, -0.05) is 48.5 Å². The lowest BCUT2D eigenvalue weighted by molar-refractivity contribution is -0.736. The van der Waals surface area contributed by atoms with Gasteiger partial charge in [0.15, 0.2) is 17.9 Å². The molecule has 1 saturated heterocycles. The van der Waals surface area contributed by atoms with Gasteiger partial charge in [0.2, 0.25) is 11.8 Å². The molecule has 1 aromatic heterocycles. The topological polar surface area (TPSA) is 41.3 Å². The van der Waals surface area contributed by atoms with E-state index in [9.17, 15) is 9.59 Å². The van der Waals surface area contributed by atoms with Crippen molar-refractivity contribution in [2.24, 2.45) is 11.8 Å². The number of benzene rings is 2. The van der Waals surface area contributed by atoms with Gasteiger partial charge < -0.3 is 0 Å². The molecule has 2 aromatic carbocycles. The monoisotopic (exact) mass is 353 g/mol. The van der Waals surface area contributed by atoms with E-state index < -0.39 is 0 Å². The number of aromatic nitrogens is 1. The first-order valence-electron chi connectivity index (χ1n) is 9.29. The van der Waals surface area contributed by atoms with E-state index in [1.165, 1.54) is 16.0 Å². The van der Waals surface area contributed by atoms with Crippen molar-refractivity contribution in [3.63, 3.8) is 0 Å². The minimum Gasteiger partial charge on any atom is -0.274 e. The fraction of sp³-hybridized carbons (Fsp3) is 0.174. The molecule has 2 bridgehead atoms. The van der Waals surface area contributed by atoms with Crippen molar-refractivity contribution < 1.29 is 14.2 Å². The van der Waals surface area contributed by atoms with E-state index in [0.717, 1.165) is 5.69 Å². The number of imide groups is 1. The molecule has 4 aliphatic rings. The van der Waals surface area contributed by atoms with Crippen LogP contribution in [0.15, 0.2) is 79.0 Å². The number of rotatable bonds is 1. The number of para-hydroxylation sites is 1. The summed E-state index contributed by atoms with van der Waals surface area (Å²) < 4.78 is 2.20. The zero-order valence-corrected chi connectivity index (χ0v) is 14.5. The molecule has 4 nitrogen and oxygen atoms in total. The lowest BCUT2D eigenvalue weighted by atomic mass is 9.63. The fourth-order valence-electron chi connectivity index (χ4n) is 5.33. The van der Waals surface area contributed by atoms with Gasteiger partial charge in [-0.25, -0.2) is 4.90 Å². The highest BCUT2D eigenvalue weighted by molar-refractivity contribution is 6.23. The fourth-order valence-corrected chi connectivity index (χ4v) is 5.33. The highest BCUT2D eigenvalue weighted by Gasteiger charge is 2.66. The number of hydrogen-bond donors (Lipinski definition) is 0. The van der Waals surface area contributed by atoms with E-state index in [4.69, 9.17) is 0 Å². The van der Waals surface area contributed by atoms with Gasteiger partial charge in [0.25, 0.3) is 0 Å². The number of amides is 2. The molecule has 27 heavy (non-hydrogen) atoms. The minimum absolute atomic E-state index is 0.0733. The second-order valence-electron chi connectivity index (χ2n) is 7.48. The van der Waals surface area contributed by atoms with Crippen LogP contribution in [0.1, 0.15) is 28.8 Å². The predicted molar refractivity (Wildman–Crippen MR) is 99.0 cm³/mol. The van der Waals surface area contributed by atoms with Crippen molar-refractivity contribution in [3.8, 4) is 0 Å². The average molecular weight is 353 g/mol. The van der Waals surface area contributed by atoms with Crippen molar-refractivity contribution in [1.82, 2.24) is 0 Å². The third-order valence-corrected chi connectivity index (χ3v) is 6.30. The molecular formula is C23H17N2O2+. The Balaban J connectivity index is 1.60. The third kappa shape index (κ3) is 1.75. The Morgan fingerprint density at radius 2 is 1.37 bits per heavy atom. The molecule has 7 rings (SSSR count). The first-order valence-corrected chi connectivity index (χ1v) is 9.29. The Morgan fingerprint density at radius 3 is 2.19 bits per heavy atom. The Hall–Kier alpha value is -3.27. The van der Waals surface area contributed by atoms with Gasteiger partial charge >= 0.3 is 0 Å². The van der Waals surface area contributed by atoms with Crippen LogP contribution in [0.3, 0.4) is 0 Å². The smallest absolute Gasteiger partial charge is 0.244 e. The van der Waals surface area contributed by atoms with Crippen LogP contribution in [-0.4, -0.2) is 11.8 Å². The number of pyridine rings is 1. The minimum atomic E-state index is -0.350. The van der Waals surface area contributed by atoms with Gasteiger partial charge in [-0.15, -0.1) is 0 Å². The maximum Gasteiger partial charge on any atom is 0.244 e. The molecule has 3 aromatic rings. The zero-order chi connectivity index (χ0) is 18.1. The molecule has 4 heteroatoms. The first-order chi connectivity index (χ1) is 13.3. The molecule has 130 valence electrons. The summed E-state index contributed by atoms with van der Waals surface area (Å²) in [5.41, 5.74) is 4.15. The van der Waals surface area contributed by atoms with Gasteiger partial charge in [-0.2, -0.15) is 4.57 Å². The molecule has 0 spiro atoms. The molecule has 4 atom stereocenters. The van der Waals surface area contributed by atoms with Gasteiger partial charge in [0.1, 0.15) is 5.92 Å². The standard InChI is InChI=1S/C23H17N2O2/c26-22-19-18-15-10-4-5-11-16(15)21(24-13-7-6-12-17(18)24)20(19)23(27)25(22)14-8-2-1-3-9-14/h1-13,18-21H/q+1/t18-,19+,20+,21-/m0/s1. The van der Waals surface area contributed by atoms with Crippen molar-refractivity contribution >= 4 is 17.5 Å². The van der Waals surface area contributed by atoms with E-state index in [-0.39, 0.29) is 35.6 Å². The Bertz CT molecular complexity index is 993. The molecule has 0 N–H and O–H groups in total. The van der Waals surface area contributed by atoms with Crippen LogP contribution < -0.4 is 9.47 Å². The van der Waals surface area contributed by atoms with E-state index in [0.29, 0.717) is 5.69 Å². The van der Waals surface area contributed by atoms with E-state index in [1.54, 1.807) is 0 Å². The molecule has 0 saturated carbocycles. The number of carbonyl (C=O) groups excluding carboxylic acids is 2. The Labute approximate surface area is 156 Å². The van der Waals surface area contributed by atoms with Crippen LogP contribution in [0, 0.1) is 11.8 Å². The second-order valence-corrected chi connectivity index (χ2v) is 7.48. The summed E-state index contributed by atoms with van der Waals surface area (Å²) in [4.78, 5) is 28.3. The third-order valence-electron chi connectivity index (χ3n) is 6.30. The normalized spacial score (nSPS) is 27.3. The molecule has 4 heterocycles. The van der Waals surface area contributed by atoms with Gasteiger partial charge in [-0.05, 0) is 17.7 Å². The zero-order valence-electron chi connectivity index (χ0n) is 14.5. The van der Waals surface area contributed by atoms with Gasteiger partial charge in [-0.3, -0.25) is 9.59 Å². The van der Waals surface area contributed by atoms with E-state index in [1.807, 2.05) is 60.8 Å².